The van der Waals surface area contributed by atoms with Gasteiger partial charge in [0.15, 0.2) is 0 Å². The number of nitrogens with zero attached hydrogens (tertiary/aromatic N) is 2. The van der Waals surface area contributed by atoms with E-state index in [0.29, 0.717) is 18.5 Å². The number of carboxylic acid groups (broad SMARTS) is 1. The molecule has 2 aliphatic heterocycles. The van der Waals surface area contributed by atoms with E-state index in [-0.39, 0.29) is 12.4 Å². The minimum absolute atomic E-state index is 0.209. The number of hydrogen-bond donors (Lipinski definition) is 2. The molecule has 1 aromatic carbocycles. The van der Waals surface area contributed by atoms with Crippen molar-refractivity contribution in [1.29, 1.82) is 0 Å². The molecule has 2 fully saturated rings. The highest BCUT2D eigenvalue weighted by Gasteiger charge is 2.38. The molecule has 1 amide bonds. The molecule has 2 atom stereocenters. The summed E-state index contributed by atoms with van der Waals surface area (Å²) in [5, 5.41) is 9.10. The monoisotopic (exact) mass is 403 g/mol. The SMILES string of the molecule is COc1cc(CN(C(=O)C2=CCN3CC2CCN3)C2CC2)cc(OC)c1.O=CO. The molecule has 0 radical (unpaired) electrons. The van der Waals surface area contributed by atoms with E-state index in [2.05, 4.69) is 21.4 Å². The van der Waals surface area contributed by atoms with Gasteiger partial charge in [0.05, 0.1) is 14.2 Å². The lowest BCUT2D eigenvalue weighted by molar-refractivity contribution is -0.129. The summed E-state index contributed by atoms with van der Waals surface area (Å²) >= 11 is 0. The number of ether oxygens (including phenoxy) is 2. The average molecular weight is 403 g/mol. The van der Waals surface area contributed by atoms with E-state index < -0.39 is 0 Å². The second-order valence-electron chi connectivity index (χ2n) is 7.45. The van der Waals surface area contributed by atoms with Crippen LogP contribution in [-0.4, -0.2) is 67.3 Å². The Balaban J connectivity index is 0.000000755. The summed E-state index contributed by atoms with van der Waals surface area (Å²) in [7, 11) is 3.30. The van der Waals surface area contributed by atoms with Crippen LogP contribution in [0.2, 0.25) is 0 Å². The molecule has 158 valence electrons. The quantitative estimate of drug-likeness (QED) is 0.698. The lowest BCUT2D eigenvalue weighted by Gasteiger charge is -2.39. The first-order chi connectivity index (χ1) is 14.1. The molecule has 8 heteroatoms. The first-order valence-corrected chi connectivity index (χ1v) is 9.88. The maximum absolute atomic E-state index is 13.3. The average Bonchev–Trinajstić information content (AvgIpc) is 3.57. The highest BCUT2D eigenvalue weighted by Crippen LogP contribution is 2.34. The molecule has 2 bridgehead atoms. The minimum Gasteiger partial charge on any atom is -0.497 e. The fraction of sp³-hybridized carbons (Fsp3) is 0.524. The largest absolute Gasteiger partial charge is 0.497 e. The van der Waals surface area contributed by atoms with Crippen LogP contribution in [0.3, 0.4) is 0 Å². The highest BCUT2D eigenvalue weighted by molar-refractivity contribution is 5.94. The lowest BCUT2D eigenvalue weighted by Crippen LogP contribution is -2.52. The Hall–Kier alpha value is -2.58. The number of methoxy groups -OCH3 is 2. The lowest BCUT2D eigenvalue weighted by atomic mass is 9.89. The van der Waals surface area contributed by atoms with Crippen LogP contribution in [0.15, 0.2) is 29.8 Å². The van der Waals surface area contributed by atoms with E-state index in [1.54, 1.807) is 14.2 Å². The van der Waals surface area contributed by atoms with Crippen LogP contribution < -0.4 is 14.9 Å². The highest BCUT2D eigenvalue weighted by atomic mass is 16.5. The predicted molar refractivity (Wildman–Crippen MR) is 108 cm³/mol. The van der Waals surface area contributed by atoms with Gasteiger partial charge in [0.1, 0.15) is 11.5 Å². The van der Waals surface area contributed by atoms with E-state index in [0.717, 1.165) is 61.5 Å². The maximum Gasteiger partial charge on any atom is 0.290 e. The standard InChI is InChI=1S/C20H27N3O3.CH2O2/c1-25-17-9-14(10-18(11-17)26-2)12-23(16-3-4-16)20(24)19-6-8-22-13-15(19)5-7-21-22;2-1-3/h6,9-11,15-16,21H,3-5,7-8,12-13H2,1-2H3;1H,(H,2,3). The van der Waals surface area contributed by atoms with Gasteiger partial charge in [-0.1, -0.05) is 6.08 Å². The molecule has 8 nitrogen and oxygen atoms in total. The number of nitrogens with one attached hydrogen (secondary N) is 1. The summed E-state index contributed by atoms with van der Waals surface area (Å²) in [5.41, 5.74) is 5.43. The Labute approximate surface area is 171 Å². The van der Waals surface area contributed by atoms with Crippen molar-refractivity contribution in [1.82, 2.24) is 15.3 Å². The van der Waals surface area contributed by atoms with Crippen molar-refractivity contribution >= 4 is 12.4 Å². The molecule has 4 rings (SSSR count). The van der Waals surface area contributed by atoms with Gasteiger partial charge in [-0.3, -0.25) is 15.0 Å². The van der Waals surface area contributed by atoms with Gasteiger partial charge in [0.2, 0.25) is 5.91 Å². The zero-order chi connectivity index (χ0) is 20.8. The van der Waals surface area contributed by atoms with Crippen molar-refractivity contribution in [3.8, 4) is 11.5 Å². The second-order valence-corrected chi connectivity index (χ2v) is 7.45. The van der Waals surface area contributed by atoms with Crippen molar-refractivity contribution in [3.63, 3.8) is 0 Å². The first kappa shape index (κ1) is 21.1. The molecule has 1 saturated carbocycles. The summed E-state index contributed by atoms with van der Waals surface area (Å²) < 4.78 is 10.8. The van der Waals surface area contributed by atoms with E-state index in [1.807, 2.05) is 18.2 Å². The Bertz CT molecular complexity index is 740. The van der Waals surface area contributed by atoms with Crippen LogP contribution in [0.1, 0.15) is 24.8 Å². The van der Waals surface area contributed by atoms with Gasteiger partial charge in [-0.15, -0.1) is 0 Å². The molecule has 0 spiro atoms. The predicted octanol–water partition coefficient (Wildman–Crippen LogP) is 1.66. The number of hydrogen-bond acceptors (Lipinski definition) is 6. The van der Waals surface area contributed by atoms with Crippen molar-refractivity contribution in [2.45, 2.75) is 31.8 Å². The van der Waals surface area contributed by atoms with Crippen LogP contribution in [0.4, 0.5) is 0 Å². The number of hydrazine groups is 1. The van der Waals surface area contributed by atoms with Crippen molar-refractivity contribution in [2.75, 3.05) is 33.9 Å². The van der Waals surface area contributed by atoms with Gasteiger partial charge in [-0.2, -0.15) is 0 Å². The van der Waals surface area contributed by atoms with E-state index in [9.17, 15) is 4.79 Å². The van der Waals surface area contributed by atoms with Crippen molar-refractivity contribution < 1.29 is 24.2 Å². The molecule has 2 N–H and O–H groups in total. The van der Waals surface area contributed by atoms with Gasteiger partial charge < -0.3 is 19.5 Å². The summed E-state index contributed by atoms with van der Waals surface area (Å²) in [5.74, 6) is 2.07. The molecule has 0 aromatic heterocycles. The van der Waals surface area contributed by atoms with Crippen molar-refractivity contribution in [2.24, 2.45) is 5.92 Å². The molecular weight excluding hydrogens is 374 g/mol. The molecule has 1 aliphatic carbocycles. The topological polar surface area (TPSA) is 91.3 Å². The third kappa shape index (κ3) is 5.27. The third-order valence-corrected chi connectivity index (χ3v) is 5.50. The van der Waals surface area contributed by atoms with Gasteiger partial charge in [0.25, 0.3) is 6.47 Å². The fourth-order valence-electron chi connectivity index (χ4n) is 3.92. The number of rotatable bonds is 6. The molecule has 1 saturated heterocycles. The maximum atomic E-state index is 13.3. The Morgan fingerprint density at radius 1 is 1.24 bits per heavy atom. The Morgan fingerprint density at radius 2 is 1.90 bits per heavy atom. The molecule has 2 heterocycles. The Morgan fingerprint density at radius 3 is 2.48 bits per heavy atom. The van der Waals surface area contributed by atoms with Gasteiger partial charge in [-0.05, 0) is 37.0 Å². The second kappa shape index (κ2) is 9.76. The number of carbonyl (C=O) groups is 2. The van der Waals surface area contributed by atoms with Crippen LogP contribution in [0.25, 0.3) is 0 Å². The van der Waals surface area contributed by atoms with Crippen molar-refractivity contribution in [3.05, 3.63) is 35.4 Å². The number of fused-ring (bicyclic) bond motifs is 2. The fourth-order valence-corrected chi connectivity index (χ4v) is 3.92. The number of amides is 1. The summed E-state index contributed by atoms with van der Waals surface area (Å²) in [6, 6.07) is 6.21. The Kier molecular flexibility index (Phi) is 7.11. The molecule has 2 unspecified atom stereocenters. The van der Waals surface area contributed by atoms with E-state index >= 15 is 0 Å². The van der Waals surface area contributed by atoms with Gasteiger partial charge in [-0.25, -0.2) is 5.01 Å². The summed E-state index contributed by atoms with van der Waals surface area (Å²) in [6.07, 6.45) is 5.33. The van der Waals surface area contributed by atoms with Crippen LogP contribution in [-0.2, 0) is 16.1 Å². The van der Waals surface area contributed by atoms with Crippen LogP contribution in [0, 0.1) is 5.92 Å². The summed E-state index contributed by atoms with van der Waals surface area (Å²) in [6.45, 7) is 3.04. The molecule has 1 aromatic rings. The first-order valence-electron chi connectivity index (χ1n) is 9.88. The molecular formula is C21H29N3O5. The minimum atomic E-state index is -0.250. The smallest absolute Gasteiger partial charge is 0.290 e. The van der Waals surface area contributed by atoms with Crippen LogP contribution >= 0.6 is 0 Å². The third-order valence-electron chi connectivity index (χ3n) is 5.50. The number of benzene rings is 1. The summed E-state index contributed by atoms with van der Waals surface area (Å²) in [4.78, 5) is 23.8. The number of carbonyl (C=O) groups excluding carboxylic acids is 1. The van der Waals surface area contributed by atoms with Crippen LogP contribution in [0.5, 0.6) is 11.5 Å². The van der Waals surface area contributed by atoms with Gasteiger partial charge in [0, 0.05) is 49.8 Å². The zero-order valence-electron chi connectivity index (χ0n) is 17.0. The van der Waals surface area contributed by atoms with Gasteiger partial charge >= 0.3 is 0 Å². The van der Waals surface area contributed by atoms with E-state index in [4.69, 9.17) is 19.4 Å². The molecule has 3 aliphatic rings. The van der Waals surface area contributed by atoms with E-state index in [1.165, 1.54) is 0 Å². The normalized spacial score (nSPS) is 22.5. The molecule has 29 heavy (non-hydrogen) atoms. The zero-order valence-corrected chi connectivity index (χ0v) is 17.0.